The Labute approximate surface area is 129 Å². The zero-order chi connectivity index (χ0) is 16.3. The molecule has 0 fully saturated rings. The second kappa shape index (κ2) is 6.53. The minimum Gasteiger partial charge on any atom is -0.368 e. The van der Waals surface area contributed by atoms with Crippen LogP contribution in [-0.2, 0) is 4.79 Å². The molecule has 7 heteroatoms. The van der Waals surface area contributed by atoms with Crippen LogP contribution >= 0.6 is 11.6 Å². The number of halogens is 3. The molecule has 22 heavy (non-hydrogen) atoms. The van der Waals surface area contributed by atoms with Gasteiger partial charge in [0, 0.05) is 0 Å². The van der Waals surface area contributed by atoms with E-state index in [2.05, 4.69) is 5.32 Å². The van der Waals surface area contributed by atoms with Gasteiger partial charge in [-0.25, -0.2) is 8.78 Å². The smallest absolute Gasteiger partial charge is 0.253 e. The predicted molar refractivity (Wildman–Crippen MR) is 77.2 cm³/mol. The van der Waals surface area contributed by atoms with Crippen molar-refractivity contribution in [3.63, 3.8) is 0 Å². The lowest BCUT2D eigenvalue weighted by Gasteiger charge is -2.16. The van der Waals surface area contributed by atoms with E-state index in [0.29, 0.717) is 17.7 Å². The highest BCUT2D eigenvalue weighted by molar-refractivity contribution is 6.33. The van der Waals surface area contributed by atoms with Gasteiger partial charge in [0.05, 0.1) is 10.6 Å². The molecule has 114 valence electrons. The van der Waals surface area contributed by atoms with Gasteiger partial charge >= 0.3 is 0 Å². The van der Waals surface area contributed by atoms with Gasteiger partial charge in [0.25, 0.3) is 5.91 Å². The van der Waals surface area contributed by atoms with Crippen LogP contribution in [0.4, 0.5) is 8.78 Å². The fourth-order valence-electron chi connectivity index (χ4n) is 1.87. The summed E-state index contributed by atoms with van der Waals surface area (Å²) in [5.74, 6) is -4.02. The van der Waals surface area contributed by atoms with Crippen molar-refractivity contribution < 1.29 is 18.4 Å². The first-order chi connectivity index (χ1) is 10.4. The molecule has 0 aliphatic carbocycles. The van der Waals surface area contributed by atoms with E-state index in [0.717, 1.165) is 0 Å². The average Bonchev–Trinajstić information content (AvgIpc) is 2.48. The van der Waals surface area contributed by atoms with Crippen molar-refractivity contribution in [2.24, 2.45) is 5.73 Å². The zero-order valence-electron chi connectivity index (χ0n) is 11.1. The molecule has 2 aromatic rings. The molecule has 2 aromatic carbocycles. The lowest BCUT2D eigenvalue weighted by atomic mass is 10.1. The van der Waals surface area contributed by atoms with Gasteiger partial charge in [-0.05, 0) is 17.7 Å². The number of nitrogens with one attached hydrogen (secondary N) is 1. The van der Waals surface area contributed by atoms with E-state index in [1.54, 1.807) is 30.3 Å². The van der Waals surface area contributed by atoms with Crippen molar-refractivity contribution >= 4 is 23.4 Å². The number of carbonyl (C=O) groups is 2. The van der Waals surface area contributed by atoms with Crippen LogP contribution < -0.4 is 11.1 Å². The van der Waals surface area contributed by atoms with E-state index in [1.165, 1.54) is 0 Å². The van der Waals surface area contributed by atoms with Crippen molar-refractivity contribution in [1.29, 1.82) is 0 Å². The van der Waals surface area contributed by atoms with Crippen LogP contribution in [0.15, 0.2) is 42.5 Å². The number of benzene rings is 2. The first-order valence-electron chi connectivity index (χ1n) is 6.20. The standard InChI is InChI=1S/C15H11ClF2N2O2/c16-10-7-12(18)11(17)6-9(10)15(22)20-13(14(19)21)8-4-2-1-3-5-8/h1-7,13H,(H2,19,21)(H,20,22). The highest BCUT2D eigenvalue weighted by Gasteiger charge is 2.23. The minimum absolute atomic E-state index is 0.271. The summed E-state index contributed by atoms with van der Waals surface area (Å²) in [5.41, 5.74) is 5.44. The molecule has 0 radical (unpaired) electrons. The molecule has 3 N–H and O–H groups in total. The van der Waals surface area contributed by atoms with Crippen LogP contribution in [0.3, 0.4) is 0 Å². The summed E-state index contributed by atoms with van der Waals surface area (Å²) in [7, 11) is 0. The van der Waals surface area contributed by atoms with Gasteiger partial charge in [-0.15, -0.1) is 0 Å². The quantitative estimate of drug-likeness (QED) is 0.848. The summed E-state index contributed by atoms with van der Waals surface area (Å²) in [4.78, 5) is 23.6. The Morgan fingerprint density at radius 2 is 1.68 bits per heavy atom. The van der Waals surface area contributed by atoms with Crippen LogP contribution in [0, 0.1) is 11.6 Å². The zero-order valence-corrected chi connectivity index (χ0v) is 11.9. The monoisotopic (exact) mass is 324 g/mol. The number of nitrogens with two attached hydrogens (primary N) is 1. The van der Waals surface area contributed by atoms with Gasteiger partial charge in [-0.1, -0.05) is 41.9 Å². The van der Waals surface area contributed by atoms with Crippen LogP contribution in [0.5, 0.6) is 0 Å². The highest BCUT2D eigenvalue weighted by atomic mass is 35.5. The van der Waals surface area contributed by atoms with Crippen molar-refractivity contribution in [1.82, 2.24) is 5.32 Å². The van der Waals surface area contributed by atoms with Gasteiger partial charge in [0.15, 0.2) is 11.6 Å². The molecule has 1 atom stereocenters. The Kier molecular flexibility index (Phi) is 4.72. The summed E-state index contributed by atoms with van der Waals surface area (Å²) in [6.07, 6.45) is 0. The molecule has 1 unspecified atom stereocenters. The van der Waals surface area contributed by atoms with Crippen molar-refractivity contribution in [2.45, 2.75) is 6.04 Å². The van der Waals surface area contributed by atoms with Crippen LogP contribution in [-0.4, -0.2) is 11.8 Å². The molecule has 0 saturated carbocycles. The number of amides is 2. The third-order valence-electron chi connectivity index (χ3n) is 2.95. The summed E-state index contributed by atoms with van der Waals surface area (Å²) in [5, 5.41) is 2.08. The van der Waals surface area contributed by atoms with Gasteiger partial charge in [-0.3, -0.25) is 9.59 Å². The largest absolute Gasteiger partial charge is 0.368 e. The maximum Gasteiger partial charge on any atom is 0.253 e. The number of carbonyl (C=O) groups excluding carboxylic acids is 2. The molecule has 2 rings (SSSR count). The van der Waals surface area contributed by atoms with Crippen LogP contribution in [0.1, 0.15) is 22.0 Å². The first kappa shape index (κ1) is 15.9. The Bertz CT molecular complexity index is 723. The Balaban J connectivity index is 2.30. The van der Waals surface area contributed by atoms with Crippen LogP contribution in [0.25, 0.3) is 0 Å². The minimum atomic E-state index is -1.22. The molecule has 0 saturated heterocycles. The third-order valence-corrected chi connectivity index (χ3v) is 3.26. The molecule has 0 aliphatic heterocycles. The van der Waals surface area contributed by atoms with Gasteiger partial charge in [0.1, 0.15) is 6.04 Å². The average molecular weight is 325 g/mol. The Hall–Kier alpha value is -2.47. The maximum atomic E-state index is 13.2. The summed E-state index contributed by atoms with van der Waals surface area (Å²) < 4.78 is 26.2. The van der Waals surface area contributed by atoms with E-state index in [-0.39, 0.29) is 10.6 Å². The second-order valence-corrected chi connectivity index (χ2v) is 4.87. The fraction of sp³-hybridized carbons (Fsp3) is 0.0667. The van der Waals surface area contributed by atoms with Gasteiger partial charge < -0.3 is 11.1 Å². The maximum absolute atomic E-state index is 13.2. The molecule has 0 spiro atoms. The third kappa shape index (κ3) is 3.40. The second-order valence-electron chi connectivity index (χ2n) is 4.47. The summed E-state index contributed by atoms with van der Waals surface area (Å²) >= 11 is 5.72. The van der Waals surface area contributed by atoms with E-state index in [4.69, 9.17) is 17.3 Å². The van der Waals surface area contributed by atoms with Crippen molar-refractivity contribution in [2.75, 3.05) is 0 Å². The van der Waals surface area contributed by atoms with E-state index in [9.17, 15) is 18.4 Å². The Morgan fingerprint density at radius 1 is 1.09 bits per heavy atom. The van der Waals surface area contributed by atoms with Gasteiger partial charge in [-0.2, -0.15) is 0 Å². The number of primary amides is 1. The normalized spacial score (nSPS) is 11.8. The molecule has 0 aromatic heterocycles. The molecule has 4 nitrogen and oxygen atoms in total. The predicted octanol–water partition coefficient (Wildman–Crippen LogP) is 2.57. The number of hydrogen-bond donors (Lipinski definition) is 2. The fourth-order valence-corrected chi connectivity index (χ4v) is 2.11. The summed E-state index contributed by atoms with van der Waals surface area (Å²) in [6, 6.07) is 8.51. The highest BCUT2D eigenvalue weighted by Crippen LogP contribution is 2.21. The Morgan fingerprint density at radius 3 is 2.27 bits per heavy atom. The summed E-state index contributed by atoms with van der Waals surface area (Å²) in [6.45, 7) is 0. The lowest BCUT2D eigenvalue weighted by molar-refractivity contribution is -0.120. The first-order valence-corrected chi connectivity index (χ1v) is 6.57. The topological polar surface area (TPSA) is 72.2 Å². The van der Waals surface area contributed by atoms with Crippen molar-refractivity contribution in [3.8, 4) is 0 Å². The van der Waals surface area contributed by atoms with E-state index >= 15 is 0 Å². The van der Waals surface area contributed by atoms with Crippen molar-refractivity contribution in [3.05, 3.63) is 70.2 Å². The molecule has 2 amide bonds. The lowest BCUT2D eigenvalue weighted by Crippen LogP contribution is -2.37. The molecule has 0 bridgehead atoms. The number of rotatable bonds is 4. The molecule has 0 aliphatic rings. The number of hydrogen-bond acceptors (Lipinski definition) is 2. The van der Waals surface area contributed by atoms with Gasteiger partial charge in [0.2, 0.25) is 5.91 Å². The van der Waals surface area contributed by atoms with Crippen LogP contribution in [0.2, 0.25) is 5.02 Å². The van der Waals surface area contributed by atoms with E-state index < -0.39 is 29.5 Å². The molecular weight excluding hydrogens is 314 g/mol. The molecular formula is C15H11ClF2N2O2. The van der Waals surface area contributed by atoms with E-state index in [1.807, 2.05) is 0 Å². The molecule has 0 heterocycles. The SMILES string of the molecule is NC(=O)C(NC(=O)c1cc(F)c(F)cc1Cl)c1ccccc1.